The van der Waals surface area contributed by atoms with Gasteiger partial charge in [0.15, 0.2) is 6.61 Å². The number of nitrogens with one attached hydrogen (secondary N) is 1. The molecule has 0 radical (unpaired) electrons. The highest BCUT2D eigenvalue weighted by Gasteiger charge is 2.17. The molecule has 0 fully saturated rings. The van der Waals surface area contributed by atoms with Gasteiger partial charge >= 0.3 is 5.97 Å². The van der Waals surface area contributed by atoms with Crippen molar-refractivity contribution in [2.24, 2.45) is 0 Å². The van der Waals surface area contributed by atoms with E-state index >= 15 is 0 Å². The molecule has 0 bridgehead atoms. The van der Waals surface area contributed by atoms with Gasteiger partial charge in [-0.15, -0.1) is 0 Å². The van der Waals surface area contributed by atoms with E-state index in [1.807, 2.05) is 19.9 Å². The fourth-order valence-electron chi connectivity index (χ4n) is 2.78. The molecule has 1 heterocycles. The Labute approximate surface area is 150 Å². The molecule has 25 heavy (non-hydrogen) atoms. The van der Waals surface area contributed by atoms with Gasteiger partial charge in [-0.05, 0) is 54.8 Å². The maximum absolute atomic E-state index is 12.1. The number of rotatable bonds is 4. The smallest absolute Gasteiger partial charge is 0.338 e. The third-order valence-electron chi connectivity index (χ3n) is 3.96. The van der Waals surface area contributed by atoms with Crippen molar-refractivity contribution in [3.8, 4) is 5.75 Å². The molecule has 6 heteroatoms. The Hall–Kier alpha value is -2.53. The van der Waals surface area contributed by atoms with Crippen LogP contribution in [0, 0.1) is 13.8 Å². The number of esters is 1. The highest BCUT2D eigenvalue weighted by Crippen LogP contribution is 2.28. The number of benzene rings is 2. The Balaban J connectivity index is 1.60. The van der Waals surface area contributed by atoms with Gasteiger partial charge < -0.3 is 14.8 Å². The summed E-state index contributed by atoms with van der Waals surface area (Å²) >= 11 is 6.16. The van der Waals surface area contributed by atoms with E-state index in [0.29, 0.717) is 22.9 Å². The summed E-state index contributed by atoms with van der Waals surface area (Å²) in [5.41, 5.74) is 3.77. The van der Waals surface area contributed by atoms with Crippen LogP contribution >= 0.6 is 11.6 Å². The van der Waals surface area contributed by atoms with Crippen molar-refractivity contribution in [3.05, 3.63) is 57.6 Å². The second-order valence-corrected chi connectivity index (χ2v) is 6.39. The van der Waals surface area contributed by atoms with Crippen LogP contribution in [-0.2, 0) is 16.0 Å². The van der Waals surface area contributed by atoms with Crippen molar-refractivity contribution >= 4 is 29.2 Å². The minimum absolute atomic E-state index is 0.379. The SMILES string of the molecule is Cc1cc(C)c(NC(=O)COC(=O)c2ccc3c(c2)CCO3)c(Cl)c1. The van der Waals surface area contributed by atoms with Crippen LogP contribution in [0.5, 0.6) is 5.75 Å². The summed E-state index contributed by atoms with van der Waals surface area (Å²) in [6, 6.07) is 8.80. The maximum atomic E-state index is 12.1. The Morgan fingerprint density at radius 3 is 2.80 bits per heavy atom. The number of anilines is 1. The molecule has 0 saturated carbocycles. The van der Waals surface area contributed by atoms with Crippen LogP contribution < -0.4 is 10.1 Å². The fourth-order valence-corrected chi connectivity index (χ4v) is 3.15. The van der Waals surface area contributed by atoms with Crippen molar-refractivity contribution in [3.63, 3.8) is 0 Å². The molecule has 0 spiro atoms. The molecule has 2 aromatic rings. The molecule has 1 amide bonds. The number of ether oxygens (including phenoxy) is 2. The van der Waals surface area contributed by atoms with Crippen LogP contribution in [0.25, 0.3) is 0 Å². The predicted octanol–water partition coefficient (Wildman–Crippen LogP) is 3.69. The Morgan fingerprint density at radius 2 is 2.04 bits per heavy atom. The minimum Gasteiger partial charge on any atom is -0.493 e. The second-order valence-electron chi connectivity index (χ2n) is 5.98. The third kappa shape index (κ3) is 3.94. The van der Waals surface area contributed by atoms with E-state index in [9.17, 15) is 9.59 Å². The van der Waals surface area contributed by atoms with Gasteiger partial charge in [-0.3, -0.25) is 4.79 Å². The Morgan fingerprint density at radius 1 is 1.24 bits per heavy atom. The lowest BCUT2D eigenvalue weighted by molar-refractivity contribution is -0.119. The molecule has 1 aliphatic rings. The van der Waals surface area contributed by atoms with Crippen LogP contribution in [0.1, 0.15) is 27.0 Å². The molecule has 0 atom stereocenters. The number of aryl methyl sites for hydroxylation is 2. The van der Waals surface area contributed by atoms with Crippen molar-refractivity contribution in [2.75, 3.05) is 18.5 Å². The molecule has 0 aromatic heterocycles. The molecule has 0 saturated heterocycles. The van der Waals surface area contributed by atoms with Crippen molar-refractivity contribution in [1.29, 1.82) is 0 Å². The van der Waals surface area contributed by atoms with Crippen LogP contribution in [0.15, 0.2) is 30.3 Å². The standard InChI is InChI=1S/C19H18ClNO4/c1-11-7-12(2)18(15(20)8-11)21-17(22)10-25-19(23)14-3-4-16-13(9-14)5-6-24-16/h3-4,7-9H,5-6,10H2,1-2H3,(H,21,22). The summed E-state index contributed by atoms with van der Waals surface area (Å²) in [4.78, 5) is 24.2. The summed E-state index contributed by atoms with van der Waals surface area (Å²) < 4.78 is 10.5. The lowest BCUT2D eigenvalue weighted by Crippen LogP contribution is -2.21. The summed E-state index contributed by atoms with van der Waals surface area (Å²) in [7, 11) is 0. The summed E-state index contributed by atoms with van der Waals surface area (Å²) in [6.45, 7) is 4.02. The van der Waals surface area contributed by atoms with Crippen molar-refractivity contribution in [2.45, 2.75) is 20.3 Å². The lowest BCUT2D eigenvalue weighted by atomic mass is 10.1. The van der Waals surface area contributed by atoms with E-state index in [2.05, 4.69) is 5.32 Å². The molecule has 3 rings (SSSR count). The monoisotopic (exact) mass is 359 g/mol. The molecular formula is C19H18ClNO4. The third-order valence-corrected chi connectivity index (χ3v) is 4.25. The Bertz CT molecular complexity index is 824. The van der Waals surface area contributed by atoms with Gasteiger partial charge in [0.2, 0.25) is 0 Å². The van der Waals surface area contributed by atoms with Gasteiger partial charge in [0.25, 0.3) is 5.91 Å². The molecular weight excluding hydrogens is 342 g/mol. The molecule has 1 aliphatic heterocycles. The lowest BCUT2D eigenvalue weighted by Gasteiger charge is -2.12. The number of carbonyl (C=O) groups is 2. The van der Waals surface area contributed by atoms with E-state index in [-0.39, 0.29) is 6.61 Å². The number of hydrogen-bond acceptors (Lipinski definition) is 4. The average molecular weight is 360 g/mol. The van der Waals surface area contributed by atoms with Gasteiger partial charge in [-0.2, -0.15) is 0 Å². The first-order valence-corrected chi connectivity index (χ1v) is 8.31. The summed E-state index contributed by atoms with van der Waals surface area (Å²) in [5, 5.41) is 3.14. The highest BCUT2D eigenvalue weighted by molar-refractivity contribution is 6.34. The number of hydrogen-bond donors (Lipinski definition) is 1. The van der Waals surface area contributed by atoms with E-state index < -0.39 is 11.9 Å². The van der Waals surface area contributed by atoms with Crippen LogP contribution in [0.2, 0.25) is 5.02 Å². The van der Waals surface area contributed by atoms with Gasteiger partial charge in [-0.1, -0.05) is 17.7 Å². The predicted molar refractivity (Wildman–Crippen MR) is 95.5 cm³/mol. The molecule has 2 aromatic carbocycles. The zero-order chi connectivity index (χ0) is 18.0. The topological polar surface area (TPSA) is 64.6 Å². The molecule has 130 valence electrons. The zero-order valence-corrected chi connectivity index (χ0v) is 14.8. The number of fused-ring (bicyclic) bond motifs is 1. The first-order chi connectivity index (χ1) is 11.9. The highest BCUT2D eigenvalue weighted by atomic mass is 35.5. The number of halogens is 1. The van der Waals surface area contributed by atoms with E-state index in [4.69, 9.17) is 21.1 Å². The van der Waals surface area contributed by atoms with Gasteiger partial charge in [0.1, 0.15) is 5.75 Å². The minimum atomic E-state index is -0.545. The second kappa shape index (κ2) is 7.15. The summed E-state index contributed by atoms with van der Waals surface area (Å²) in [5.74, 6) is -0.193. The molecule has 1 N–H and O–H groups in total. The van der Waals surface area contributed by atoms with E-state index in [1.54, 1.807) is 24.3 Å². The quantitative estimate of drug-likeness (QED) is 0.845. The van der Waals surface area contributed by atoms with Crippen LogP contribution in [0.4, 0.5) is 5.69 Å². The van der Waals surface area contributed by atoms with Crippen molar-refractivity contribution in [1.82, 2.24) is 0 Å². The first kappa shape index (κ1) is 17.3. The van der Waals surface area contributed by atoms with Crippen LogP contribution in [0.3, 0.4) is 0 Å². The Kier molecular flexibility index (Phi) is 4.95. The fraction of sp³-hybridized carbons (Fsp3) is 0.263. The normalized spacial score (nSPS) is 12.3. The first-order valence-electron chi connectivity index (χ1n) is 7.93. The molecule has 0 aliphatic carbocycles. The molecule has 0 unspecified atom stereocenters. The van der Waals surface area contributed by atoms with Crippen LogP contribution in [-0.4, -0.2) is 25.1 Å². The van der Waals surface area contributed by atoms with E-state index in [1.165, 1.54) is 0 Å². The van der Waals surface area contributed by atoms with Gasteiger partial charge in [0, 0.05) is 6.42 Å². The molecule has 5 nitrogen and oxygen atoms in total. The largest absolute Gasteiger partial charge is 0.493 e. The number of carbonyl (C=O) groups excluding carboxylic acids is 2. The number of amides is 1. The van der Waals surface area contributed by atoms with Gasteiger partial charge in [0.05, 0.1) is 22.9 Å². The summed E-state index contributed by atoms with van der Waals surface area (Å²) in [6.07, 6.45) is 0.766. The van der Waals surface area contributed by atoms with E-state index in [0.717, 1.165) is 28.9 Å². The van der Waals surface area contributed by atoms with Gasteiger partial charge in [-0.25, -0.2) is 4.79 Å². The van der Waals surface area contributed by atoms with Crippen molar-refractivity contribution < 1.29 is 19.1 Å². The maximum Gasteiger partial charge on any atom is 0.338 e. The zero-order valence-electron chi connectivity index (χ0n) is 14.0. The average Bonchev–Trinajstić information content (AvgIpc) is 3.03.